The molecule has 160 valence electrons. The number of sulfonamides is 1. The Labute approximate surface area is 185 Å². The van der Waals surface area contributed by atoms with Gasteiger partial charge in [-0.15, -0.1) is 0 Å². The predicted octanol–water partition coefficient (Wildman–Crippen LogP) is 3.90. The van der Waals surface area contributed by atoms with Crippen molar-refractivity contribution >= 4 is 44.8 Å². The average molecular weight is 458 g/mol. The Hall–Kier alpha value is -3.36. The minimum Gasteiger partial charge on any atom is -0.341 e. The van der Waals surface area contributed by atoms with Gasteiger partial charge in [0, 0.05) is 11.3 Å². The van der Waals surface area contributed by atoms with Crippen LogP contribution < -0.4 is 15.4 Å². The smallest absolute Gasteiger partial charge is 0.262 e. The van der Waals surface area contributed by atoms with Crippen molar-refractivity contribution in [2.45, 2.75) is 17.9 Å². The normalized spacial score (nSPS) is 11.9. The number of carbonyl (C=O) groups excluding carboxylic acids is 2. The molecule has 0 bridgehead atoms. The molecule has 0 aliphatic heterocycles. The van der Waals surface area contributed by atoms with E-state index in [-0.39, 0.29) is 27.2 Å². The Morgan fingerprint density at radius 3 is 2.29 bits per heavy atom. The zero-order valence-electron chi connectivity index (χ0n) is 16.5. The van der Waals surface area contributed by atoms with E-state index >= 15 is 0 Å². The molecule has 31 heavy (non-hydrogen) atoms. The van der Waals surface area contributed by atoms with Crippen molar-refractivity contribution in [1.82, 2.24) is 5.32 Å². The van der Waals surface area contributed by atoms with Crippen molar-refractivity contribution in [3.05, 3.63) is 89.4 Å². The maximum absolute atomic E-state index is 12.7. The molecule has 0 aromatic heterocycles. The van der Waals surface area contributed by atoms with Gasteiger partial charge in [-0.1, -0.05) is 48.0 Å². The second-order valence-electron chi connectivity index (χ2n) is 6.66. The van der Waals surface area contributed by atoms with E-state index < -0.39 is 22.0 Å². The largest absolute Gasteiger partial charge is 0.341 e. The zero-order chi connectivity index (χ0) is 22.4. The van der Waals surface area contributed by atoms with Gasteiger partial charge in [0.25, 0.3) is 15.9 Å². The Morgan fingerprint density at radius 1 is 0.903 bits per heavy atom. The quantitative estimate of drug-likeness (QED) is 0.500. The number of hydrogen-bond donors (Lipinski definition) is 3. The van der Waals surface area contributed by atoms with Crippen LogP contribution in [-0.2, 0) is 14.8 Å². The second-order valence-corrected chi connectivity index (χ2v) is 8.75. The molecule has 0 spiro atoms. The van der Waals surface area contributed by atoms with Crippen molar-refractivity contribution in [3.63, 3.8) is 0 Å². The minimum atomic E-state index is -3.92. The summed E-state index contributed by atoms with van der Waals surface area (Å²) in [6.07, 6.45) is 0. The van der Waals surface area contributed by atoms with Gasteiger partial charge in [-0.25, -0.2) is 8.42 Å². The number of nitrogens with one attached hydrogen (secondary N) is 3. The van der Waals surface area contributed by atoms with Crippen molar-refractivity contribution in [2.75, 3.05) is 10.0 Å². The molecular weight excluding hydrogens is 438 g/mol. The standard InChI is InChI=1S/C22H20ClN3O4S/c1-15(24-22(28)16-8-3-2-4-9-16)21(27)25-17-10-7-11-18(14-17)31(29,30)26-20-13-6-5-12-19(20)23/h2-15,26H,1H3,(H,24,28)(H,25,27). The molecule has 0 heterocycles. The molecule has 1 unspecified atom stereocenters. The fourth-order valence-corrected chi connectivity index (χ4v) is 4.04. The summed E-state index contributed by atoms with van der Waals surface area (Å²) in [5.41, 5.74) is 0.949. The molecule has 0 saturated carbocycles. The first-order valence-corrected chi connectivity index (χ1v) is 11.2. The van der Waals surface area contributed by atoms with Crippen LogP contribution in [0.5, 0.6) is 0 Å². The molecule has 3 aromatic rings. The summed E-state index contributed by atoms with van der Waals surface area (Å²) in [5, 5.41) is 5.48. The zero-order valence-corrected chi connectivity index (χ0v) is 18.1. The molecule has 3 aromatic carbocycles. The summed E-state index contributed by atoms with van der Waals surface area (Å²) < 4.78 is 27.8. The van der Waals surface area contributed by atoms with Crippen molar-refractivity contribution in [3.8, 4) is 0 Å². The third-order valence-electron chi connectivity index (χ3n) is 4.31. The molecule has 0 saturated heterocycles. The van der Waals surface area contributed by atoms with E-state index in [2.05, 4.69) is 15.4 Å². The first kappa shape index (κ1) is 22.3. The highest BCUT2D eigenvalue weighted by Crippen LogP contribution is 2.25. The van der Waals surface area contributed by atoms with Gasteiger partial charge in [-0.05, 0) is 49.4 Å². The lowest BCUT2D eigenvalue weighted by atomic mass is 10.2. The first-order chi connectivity index (χ1) is 14.8. The van der Waals surface area contributed by atoms with E-state index in [0.29, 0.717) is 5.56 Å². The highest BCUT2D eigenvalue weighted by molar-refractivity contribution is 7.92. The fraction of sp³-hybridized carbons (Fsp3) is 0.0909. The number of hydrogen-bond acceptors (Lipinski definition) is 4. The van der Waals surface area contributed by atoms with E-state index in [4.69, 9.17) is 11.6 Å². The number of halogens is 1. The number of anilines is 2. The van der Waals surface area contributed by atoms with Gasteiger partial charge in [0.1, 0.15) is 6.04 Å². The maximum Gasteiger partial charge on any atom is 0.262 e. The lowest BCUT2D eigenvalue weighted by Gasteiger charge is -2.15. The Bertz CT molecular complexity index is 1200. The molecule has 3 rings (SSSR count). The van der Waals surface area contributed by atoms with Crippen LogP contribution >= 0.6 is 11.6 Å². The van der Waals surface area contributed by atoms with Gasteiger partial charge in [-0.2, -0.15) is 0 Å². The molecule has 3 N–H and O–H groups in total. The first-order valence-electron chi connectivity index (χ1n) is 9.30. The molecule has 0 aliphatic rings. The van der Waals surface area contributed by atoms with Crippen LogP contribution in [0.15, 0.2) is 83.8 Å². The molecule has 0 fully saturated rings. The molecule has 9 heteroatoms. The number of benzene rings is 3. The molecule has 0 aliphatic carbocycles. The van der Waals surface area contributed by atoms with Crippen LogP contribution in [0, 0.1) is 0 Å². The van der Waals surface area contributed by atoms with Gasteiger partial charge < -0.3 is 10.6 Å². The van der Waals surface area contributed by atoms with E-state index in [1.165, 1.54) is 25.1 Å². The van der Waals surface area contributed by atoms with E-state index in [1.807, 2.05) is 0 Å². The molecule has 1 atom stereocenters. The Morgan fingerprint density at radius 2 is 1.58 bits per heavy atom. The summed E-state index contributed by atoms with van der Waals surface area (Å²) in [4.78, 5) is 24.6. The number of carbonyl (C=O) groups is 2. The van der Waals surface area contributed by atoms with Crippen LogP contribution in [0.25, 0.3) is 0 Å². The molecular formula is C22H20ClN3O4S. The molecule has 0 radical (unpaired) electrons. The highest BCUT2D eigenvalue weighted by Gasteiger charge is 2.19. The lowest BCUT2D eigenvalue weighted by Crippen LogP contribution is -2.41. The summed E-state index contributed by atoms with van der Waals surface area (Å²) in [6.45, 7) is 1.54. The SMILES string of the molecule is CC(NC(=O)c1ccccc1)C(=O)Nc1cccc(S(=O)(=O)Nc2ccccc2Cl)c1. The predicted molar refractivity (Wildman–Crippen MR) is 121 cm³/mol. The van der Waals surface area contributed by atoms with Gasteiger partial charge in [0.15, 0.2) is 0 Å². The van der Waals surface area contributed by atoms with Gasteiger partial charge in [0.05, 0.1) is 15.6 Å². The topological polar surface area (TPSA) is 104 Å². The summed E-state index contributed by atoms with van der Waals surface area (Å²) in [6, 6.07) is 19.9. The highest BCUT2D eigenvalue weighted by atomic mass is 35.5. The van der Waals surface area contributed by atoms with Crippen LogP contribution in [0.2, 0.25) is 5.02 Å². The summed E-state index contributed by atoms with van der Waals surface area (Å²) >= 11 is 6.02. The van der Waals surface area contributed by atoms with Gasteiger partial charge in [0.2, 0.25) is 5.91 Å². The van der Waals surface area contributed by atoms with Crippen LogP contribution in [0.4, 0.5) is 11.4 Å². The van der Waals surface area contributed by atoms with E-state index in [1.54, 1.807) is 60.7 Å². The van der Waals surface area contributed by atoms with E-state index in [0.717, 1.165) is 0 Å². The minimum absolute atomic E-state index is 0.0498. The van der Waals surface area contributed by atoms with Crippen LogP contribution in [0.1, 0.15) is 17.3 Å². The summed E-state index contributed by atoms with van der Waals surface area (Å²) in [5.74, 6) is -0.874. The number of para-hydroxylation sites is 1. The monoisotopic (exact) mass is 457 g/mol. The van der Waals surface area contributed by atoms with Gasteiger partial charge in [-0.3, -0.25) is 14.3 Å². The fourth-order valence-electron chi connectivity index (χ4n) is 2.67. The molecule has 7 nitrogen and oxygen atoms in total. The second kappa shape index (κ2) is 9.63. The summed E-state index contributed by atoms with van der Waals surface area (Å²) in [7, 11) is -3.92. The Kier molecular flexibility index (Phi) is 6.94. The third kappa shape index (κ3) is 5.84. The maximum atomic E-state index is 12.7. The van der Waals surface area contributed by atoms with E-state index in [9.17, 15) is 18.0 Å². The molecule has 2 amide bonds. The van der Waals surface area contributed by atoms with Crippen LogP contribution in [-0.4, -0.2) is 26.3 Å². The third-order valence-corrected chi connectivity index (χ3v) is 6.00. The number of amides is 2. The van der Waals surface area contributed by atoms with Crippen molar-refractivity contribution < 1.29 is 18.0 Å². The lowest BCUT2D eigenvalue weighted by molar-refractivity contribution is -0.117. The van der Waals surface area contributed by atoms with Gasteiger partial charge >= 0.3 is 0 Å². The number of rotatable bonds is 7. The van der Waals surface area contributed by atoms with Crippen molar-refractivity contribution in [1.29, 1.82) is 0 Å². The average Bonchev–Trinajstić information content (AvgIpc) is 2.76. The van der Waals surface area contributed by atoms with Crippen LogP contribution in [0.3, 0.4) is 0 Å². The van der Waals surface area contributed by atoms with Crippen molar-refractivity contribution in [2.24, 2.45) is 0 Å². The Balaban J connectivity index is 1.69.